The molecule has 2 aromatic rings. The molecule has 0 aliphatic heterocycles. The van der Waals surface area contributed by atoms with Gasteiger partial charge in [-0.25, -0.2) is 0 Å². The van der Waals surface area contributed by atoms with Crippen LogP contribution in [0.15, 0.2) is 42.5 Å². The zero-order valence-electron chi connectivity index (χ0n) is 10.7. The molecule has 0 fully saturated rings. The first-order chi connectivity index (χ1) is 8.83. The van der Waals surface area contributed by atoms with Crippen molar-refractivity contribution in [1.29, 1.82) is 0 Å². The fourth-order valence-electron chi connectivity index (χ4n) is 2.54. The summed E-state index contributed by atoms with van der Waals surface area (Å²) in [6.07, 6.45) is 5.81. The van der Waals surface area contributed by atoms with E-state index < -0.39 is 0 Å². The predicted molar refractivity (Wildman–Crippen MR) is 76.2 cm³/mol. The molecule has 1 nitrogen and oxygen atoms in total. The Balaban J connectivity index is 2.06. The van der Waals surface area contributed by atoms with Crippen molar-refractivity contribution in [3.63, 3.8) is 0 Å². The van der Waals surface area contributed by atoms with Gasteiger partial charge >= 0.3 is 0 Å². The molecule has 1 heterocycles. The molecule has 0 radical (unpaired) electrons. The van der Waals surface area contributed by atoms with Gasteiger partial charge in [0.05, 0.1) is 5.69 Å². The number of benzene rings is 1. The van der Waals surface area contributed by atoms with E-state index in [1.807, 2.05) is 0 Å². The minimum atomic E-state index is 1.11. The number of hydrogen-bond donors (Lipinski definition) is 0. The number of allylic oxidation sites excluding steroid dienone is 1. The Bertz CT molecular complexity index is 582. The van der Waals surface area contributed by atoms with Crippen molar-refractivity contribution in [3.05, 3.63) is 65.0 Å². The number of nitrogens with zero attached hydrogens (tertiary/aromatic N) is 1. The average Bonchev–Trinajstić information content (AvgIpc) is 2.41. The van der Waals surface area contributed by atoms with Crippen LogP contribution in [-0.4, -0.2) is 4.98 Å². The molecule has 3 rings (SSSR count). The summed E-state index contributed by atoms with van der Waals surface area (Å²) in [7, 11) is 0. The number of hydrogen-bond acceptors (Lipinski definition) is 1. The number of rotatable bonds is 1. The Labute approximate surface area is 108 Å². The largest absolute Gasteiger partial charge is 0.253 e. The minimum Gasteiger partial charge on any atom is -0.253 e. The van der Waals surface area contributed by atoms with Crippen LogP contribution in [0.25, 0.3) is 11.6 Å². The van der Waals surface area contributed by atoms with E-state index in [1.54, 1.807) is 0 Å². The maximum atomic E-state index is 4.72. The lowest BCUT2D eigenvalue weighted by Crippen LogP contribution is -2.05. The molecule has 0 saturated carbocycles. The fraction of sp³-hybridized carbons (Fsp3) is 0.235. The van der Waals surface area contributed by atoms with Gasteiger partial charge in [-0.05, 0) is 55.0 Å². The number of pyridine rings is 1. The summed E-state index contributed by atoms with van der Waals surface area (Å²) >= 11 is 0. The highest BCUT2D eigenvalue weighted by Crippen LogP contribution is 2.30. The van der Waals surface area contributed by atoms with Gasteiger partial charge in [0.15, 0.2) is 0 Å². The van der Waals surface area contributed by atoms with Gasteiger partial charge in [-0.3, -0.25) is 4.98 Å². The summed E-state index contributed by atoms with van der Waals surface area (Å²) in [5, 5.41) is 0. The average molecular weight is 235 g/mol. The topological polar surface area (TPSA) is 12.9 Å². The molecule has 1 aliphatic rings. The first-order valence-electron chi connectivity index (χ1n) is 6.55. The zero-order valence-corrected chi connectivity index (χ0v) is 10.7. The summed E-state index contributed by atoms with van der Waals surface area (Å²) < 4.78 is 0. The molecule has 1 heteroatoms. The quantitative estimate of drug-likeness (QED) is 0.719. The predicted octanol–water partition coefficient (Wildman–Crippen LogP) is 4.27. The molecule has 0 atom stereocenters. The van der Waals surface area contributed by atoms with Gasteiger partial charge in [-0.15, -0.1) is 0 Å². The molecule has 0 N–H and O–H groups in total. The number of aryl methyl sites for hydroxylation is 2. The maximum absolute atomic E-state index is 4.72. The molecule has 0 saturated heterocycles. The van der Waals surface area contributed by atoms with Crippen molar-refractivity contribution in [2.45, 2.75) is 26.2 Å². The van der Waals surface area contributed by atoms with E-state index in [9.17, 15) is 0 Å². The van der Waals surface area contributed by atoms with E-state index in [0.717, 1.165) is 18.5 Å². The van der Waals surface area contributed by atoms with Gasteiger partial charge in [0.2, 0.25) is 0 Å². The van der Waals surface area contributed by atoms with Gasteiger partial charge in [0.25, 0.3) is 0 Å². The normalized spacial score (nSPS) is 16.6. The fourth-order valence-corrected chi connectivity index (χ4v) is 2.54. The third-order valence-corrected chi connectivity index (χ3v) is 3.45. The highest BCUT2D eigenvalue weighted by Gasteiger charge is 2.15. The molecule has 90 valence electrons. The summed E-state index contributed by atoms with van der Waals surface area (Å²) in [6.45, 7) is 2.06. The summed E-state index contributed by atoms with van der Waals surface area (Å²) in [5.41, 5.74) is 6.36. The van der Waals surface area contributed by atoms with Crippen molar-refractivity contribution < 1.29 is 0 Å². The van der Waals surface area contributed by atoms with Crippen LogP contribution in [0.4, 0.5) is 0 Å². The zero-order chi connectivity index (χ0) is 12.4. The van der Waals surface area contributed by atoms with E-state index in [4.69, 9.17) is 4.98 Å². The maximum Gasteiger partial charge on any atom is 0.0696 e. The van der Waals surface area contributed by atoms with Crippen molar-refractivity contribution >= 4 is 11.6 Å². The third-order valence-electron chi connectivity index (χ3n) is 3.45. The van der Waals surface area contributed by atoms with Crippen LogP contribution in [-0.2, 0) is 6.42 Å². The summed E-state index contributed by atoms with van der Waals surface area (Å²) in [5.74, 6) is 0. The lowest BCUT2D eigenvalue weighted by atomic mass is 9.90. The molecule has 0 spiro atoms. The van der Waals surface area contributed by atoms with Gasteiger partial charge in [0, 0.05) is 5.69 Å². The van der Waals surface area contributed by atoms with E-state index in [-0.39, 0.29) is 0 Å². The molecule has 1 aromatic heterocycles. The van der Waals surface area contributed by atoms with Crippen LogP contribution in [0.5, 0.6) is 0 Å². The monoisotopic (exact) mass is 235 g/mol. The van der Waals surface area contributed by atoms with Gasteiger partial charge in [0.1, 0.15) is 0 Å². The Morgan fingerprint density at radius 2 is 1.83 bits per heavy atom. The molecule has 1 aliphatic carbocycles. The van der Waals surface area contributed by atoms with Crippen LogP contribution in [0.1, 0.15) is 35.4 Å². The molecule has 18 heavy (non-hydrogen) atoms. The third kappa shape index (κ3) is 2.21. The molecule has 0 bridgehead atoms. The SMILES string of the molecule is Cc1ccc2c(n1)/C(=C\c1ccccc1)CCC2. The van der Waals surface area contributed by atoms with Crippen molar-refractivity contribution in [1.82, 2.24) is 4.98 Å². The molecule has 1 aromatic carbocycles. The lowest BCUT2D eigenvalue weighted by Gasteiger charge is -2.18. The van der Waals surface area contributed by atoms with Gasteiger partial charge < -0.3 is 0 Å². The van der Waals surface area contributed by atoms with E-state index >= 15 is 0 Å². The Morgan fingerprint density at radius 1 is 1.00 bits per heavy atom. The Morgan fingerprint density at radius 3 is 2.67 bits per heavy atom. The minimum absolute atomic E-state index is 1.11. The van der Waals surface area contributed by atoms with Crippen LogP contribution in [0.2, 0.25) is 0 Å². The van der Waals surface area contributed by atoms with Gasteiger partial charge in [-0.2, -0.15) is 0 Å². The second-order valence-electron chi connectivity index (χ2n) is 4.89. The second-order valence-corrected chi connectivity index (χ2v) is 4.89. The van der Waals surface area contributed by atoms with Crippen LogP contribution < -0.4 is 0 Å². The summed E-state index contributed by atoms with van der Waals surface area (Å²) in [6, 6.07) is 14.9. The van der Waals surface area contributed by atoms with E-state index in [1.165, 1.54) is 28.8 Å². The number of fused-ring (bicyclic) bond motifs is 1. The van der Waals surface area contributed by atoms with Crippen molar-refractivity contribution in [2.24, 2.45) is 0 Å². The standard InChI is InChI=1S/C17H17N/c1-13-10-11-15-8-5-9-16(17(15)18-13)12-14-6-3-2-4-7-14/h2-4,6-7,10-12H,5,8-9H2,1H3/b16-12-. The Kier molecular flexibility index (Phi) is 2.97. The molecular formula is C17H17N. The summed E-state index contributed by atoms with van der Waals surface area (Å²) in [4.78, 5) is 4.72. The smallest absolute Gasteiger partial charge is 0.0696 e. The van der Waals surface area contributed by atoms with Crippen LogP contribution in [0, 0.1) is 6.92 Å². The van der Waals surface area contributed by atoms with Crippen molar-refractivity contribution in [3.8, 4) is 0 Å². The molecule has 0 unspecified atom stereocenters. The molecule has 0 amide bonds. The highest BCUT2D eigenvalue weighted by atomic mass is 14.7. The van der Waals surface area contributed by atoms with Crippen molar-refractivity contribution in [2.75, 3.05) is 0 Å². The number of aromatic nitrogens is 1. The lowest BCUT2D eigenvalue weighted by molar-refractivity contribution is 0.808. The van der Waals surface area contributed by atoms with E-state index in [0.29, 0.717) is 0 Å². The van der Waals surface area contributed by atoms with Crippen LogP contribution >= 0.6 is 0 Å². The Hall–Kier alpha value is -1.89. The molecular weight excluding hydrogens is 218 g/mol. The second kappa shape index (κ2) is 4.77. The van der Waals surface area contributed by atoms with Gasteiger partial charge in [-0.1, -0.05) is 36.4 Å². The van der Waals surface area contributed by atoms with Crippen LogP contribution in [0.3, 0.4) is 0 Å². The highest BCUT2D eigenvalue weighted by molar-refractivity contribution is 5.82. The van der Waals surface area contributed by atoms with E-state index in [2.05, 4.69) is 55.5 Å². The first-order valence-corrected chi connectivity index (χ1v) is 6.55. The first kappa shape index (κ1) is 11.2.